The van der Waals surface area contributed by atoms with Gasteiger partial charge in [-0.25, -0.2) is 9.97 Å². The standard InChI is InChI=1S/C26H28ClN5O2/c1-18(33)30-13-15-31(16-14-30)25-21-10-9-19(26(34)32-11-5-2-6-12-32)17-23(21)28-24(29-25)20-7-3-4-8-22(20)27/h3-4,7-10,17H,2,5-6,11-16H2,1H3. The summed E-state index contributed by atoms with van der Waals surface area (Å²) in [7, 11) is 0. The molecule has 3 aromatic rings. The highest BCUT2D eigenvalue weighted by molar-refractivity contribution is 6.33. The van der Waals surface area contributed by atoms with E-state index in [0.717, 1.165) is 48.2 Å². The molecular weight excluding hydrogens is 450 g/mol. The zero-order chi connectivity index (χ0) is 23.7. The molecule has 2 aliphatic rings. The van der Waals surface area contributed by atoms with Crippen LogP contribution >= 0.6 is 11.6 Å². The first kappa shape index (κ1) is 22.6. The SMILES string of the molecule is CC(=O)N1CCN(c2nc(-c3ccccc3Cl)nc3cc(C(=O)N4CCCCC4)ccc23)CC1. The zero-order valence-electron chi connectivity index (χ0n) is 19.3. The zero-order valence-corrected chi connectivity index (χ0v) is 20.1. The number of hydrogen-bond acceptors (Lipinski definition) is 5. The predicted octanol–water partition coefficient (Wildman–Crippen LogP) is 4.24. The monoisotopic (exact) mass is 477 g/mol. The Kier molecular flexibility index (Phi) is 6.37. The number of carbonyl (C=O) groups is 2. The quantitative estimate of drug-likeness (QED) is 0.564. The molecule has 2 aromatic carbocycles. The Hall–Kier alpha value is -3.19. The van der Waals surface area contributed by atoms with Crippen molar-refractivity contribution < 1.29 is 9.59 Å². The molecule has 34 heavy (non-hydrogen) atoms. The largest absolute Gasteiger partial charge is 0.352 e. The van der Waals surface area contributed by atoms with E-state index in [9.17, 15) is 9.59 Å². The molecule has 7 nitrogen and oxygen atoms in total. The lowest BCUT2D eigenvalue weighted by molar-refractivity contribution is -0.129. The van der Waals surface area contributed by atoms with Crippen molar-refractivity contribution in [3.8, 4) is 11.4 Å². The van der Waals surface area contributed by atoms with Crippen LogP contribution in [0.1, 0.15) is 36.5 Å². The number of fused-ring (bicyclic) bond motifs is 1. The van der Waals surface area contributed by atoms with E-state index >= 15 is 0 Å². The molecule has 176 valence electrons. The van der Waals surface area contributed by atoms with Crippen molar-refractivity contribution in [1.29, 1.82) is 0 Å². The van der Waals surface area contributed by atoms with Gasteiger partial charge in [0.1, 0.15) is 5.82 Å². The van der Waals surface area contributed by atoms with Crippen LogP contribution in [0.15, 0.2) is 42.5 Å². The van der Waals surface area contributed by atoms with Crippen LogP contribution in [0.3, 0.4) is 0 Å². The lowest BCUT2D eigenvalue weighted by Crippen LogP contribution is -2.48. The molecule has 8 heteroatoms. The fourth-order valence-corrected chi connectivity index (χ4v) is 4.98. The lowest BCUT2D eigenvalue weighted by atomic mass is 10.1. The number of piperidine rings is 1. The number of amides is 2. The van der Waals surface area contributed by atoms with Crippen molar-refractivity contribution in [2.45, 2.75) is 26.2 Å². The molecule has 3 heterocycles. The first-order chi connectivity index (χ1) is 16.5. The molecule has 1 aromatic heterocycles. The van der Waals surface area contributed by atoms with Crippen LogP contribution in [-0.4, -0.2) is 70.9 Å². The van der Waals surface area contributed by atoms with Gasteiger partial charge < -0.3 is 14.7 Å². The summed E-state index contributed by atoms with van der Waals surface area (Å²) in [6.07, 6.45) is 3.28. The van der Waals surface area contributed by atoms with E-state index in [1.165, 1.54) is 6.42 Å². The summed E-state index contributed by atoms with van der Waals surface area (Å²) in [5.74, 6) is 1.48. The number of hydrogen-bond donors (Lipinski definition) is 0. The third kappa shape index (κ3) is 4.44. The molecule has 0 radical (unpaired) electrons. The second-order valence-corrected chi connectivity index (χ2v) is 9.34. The second kappa shape index (κ2) is 9.58. The highest BCUT2D eigenvalue weighted by Gasteiger charge is 2.24. The second-order valence-electron chi connectivity index (χ2n) is 8.93. The molecule has 0 bridgehead atoms. The third-order valence-corrected chi connectivity index (χ3v) is 7.04. The Morgan fingerprint density at radius 3 is 2.29 bits per heavy atom. The van der Waals surface area contributed by atoms with Crippen LogP contribution in [-0.2, 0) is 4.79 Å². The van der Waals surface area contributed by atoms with E-state index in [1.807, 2.05) is 52.3 Å². The minimum absolute atomic E-state index is 0.0520. The highest BCUT2D eigenvalue weighted by Crippen LogP contribution is 2.32. The molecule has 0 unspecified atom stereocenters. The van der Waals surface area contributed by atoms with Crippen LogP contribution < -0.4 is 4.90 Å². The predicted molar refractivity (Wildman–Crippen MR) is 134 cm³/mol. The average Bonchev–Trinajstić information content (AvgIpc) is 2.88. The van der Waals surface area contributed by atoms with E-state index in [2.05, 4.69) is 4.90 Å². The molecule has 2 saturated heterocycles. The van der Waals surface area contributed by atoms with Crippen molar-refractivity contribution in [1.82, 2.24) is 19.8 Å². The first-order valence-corrected chi connectivity index (χ1v) is 12.3. The minimum atomic E-state index is 0.0520. The number of carbonyl (C=O) groups excluding carboxylic acids is 2. The van der Waals surface area contributed by atoms with Crippen LogP contribution in [0.2, 0.25) is 5.02 Å². The van der Waals surface area contributed by atoms with Crippen molar-refractivity contribution in [3.63, 3.8) is 0 Å². The van der Waals surface area contributed by atoms with E-state index in [0.29, 0.717) is 42.6 Å². The lowest BCUT2D eigenvalue weighted by Gasteiger charge is -2.35. The van der Waals surface area contributed by atoms with Gasteiger partial charge in [-0.1, -0.05) is 23.7 Å². The van der Waals surface area contributed by atoms with E-state index in [1.54, 1.807) is 6.92 Å². The van der Waals surface area contributed by atoms with Gasteiger partial charge in [-0.15, -0.1) is 0 Å². The minimum Gasteiger partial charge on any atom is -0.352 e. The van der Waals surface area contributed by atoms with Crippen molar-refractivity contribution >= 4 is 40.1 Å². The summed E-state index contributed by atoms with van der Waals surface area (Å²) in [4.78, 5) is 40.7. The summed E-state index contributed by atoms with van der Waals surface area (Å²) in [5.41, 5.74) is 2.12. The van der Waals surface area contributed by atoms with Gasteiger partial charge in [0.25, 0.3) is 5.91 Å². The Morgan fingerprint density at radius 1 is 0.853 bits per heavy atom. The molecule has 0 spiro atoms. The Bertz CT molecular complexity index is 1230. The summed E-state index contributed by atoms with van der Waals surface area (Å²) in [6.45, 7) is 5.87. The maximum absolute atomic E-state index is 13.2. The van der Waals surface area contributed by atoms with Gasteiger partial charge in [0.15, 0.2) is 5.82 Å². The molecule has 2 fully saturated rings. The number of likely N-dealkylation sites (tertiary alicyclic amines) is 1. The number of aromatic nitrogens is 2. The Labute approximate surface area is 204 Å². The molecule has 0 saturated carbocycles. The summed E-state index contributed by atoms with van der Waals surface area (Å²) >= 11 is 6.49. The number of piperazine rings is 1. The molecule has 0 aliphatic carbocycles. The van der Waals surface area contributed by atoms with Crippen LogP contribution in [0.25, 0.3) is 22.3 Å². The van der Waals surface area contributed by atoms with Gasteiger partial charge in [-0.3, -0.25) is 9.59 Å². The molecular formula is C26H28ClN5O2. The van der Waals surface area contributed by atoms with Crippen LogP contribution in [0.5, 0.6) is 0 Å². The third-order valence-electron chi connectivity index (χ3n) is 6.71. The molecule has 0 N–H and O–H groups in total. The summed E-state index contributed by atoms with van der Waals surface area (Å²) in [6, 6.07) is 13.2. The summed E-state index contributed by atoms with van der Waals surface area (Å²) < 4.78 is 0. The van der Waals surface area contributed by atoms with Gasteiger partial charge in [0.05, 0.1) is 10.5 Å². The molecule has 2 aliphatic heterocycles. The number of rotatable bonds is 3. The maximum atomic E-state index is 13.2. The van der Waals surface area contributed by atoms with Gasteiger partial charge in [0, 0.05) is 62.7 Å². The first-order valence-electron chi connectivity index (χ1n) is 11.9. The number of nitrogens with zero attached hydrogens (tertiary/aromatic N) is 5. The fraction of sp³-hybridized carbons (Fsp3) is 0.385. The van der Waals surface area contributed by atoms with E-state index in [4.69, 9.17) is 21.6 Å². The molecule has 2 amide bonds. The van der Waals surface area contributed by atoms with Gasteiger partial charge in [-0.2, -0.15) is 0 Å². The number of benzene rings is 2. The maximum Gasteiger partial charge on any atom is 0.253 e. The highest BCUT2D eigenvalue weighted by atomic mass is 35.5. The Balaban J connectivity index is 1.57. The molecule has 5 rings (SSSR count). The Morgan fingerprint density at radius 2 is 1.59 bits per heavy atom. The average molecular weight is 478 g/mol. The number of halogens is 1. The summed E-state index contributed by atoms with van der Waals surface area (Å²) in [5, 5.41) is 1.47. The topological polar surface area (TPSA) is 69.6 Å². The van der Waals surface area contributed by atoms with Gasteiger partial charge in [0.2, 0.25) is 5.91 Å². The molecule has 0 atom stereocenters. The fourth-order valence-electron chi connectivity index (χ4n) is 4.76. The van der Waals surface area contributed by atoms with Crippen molar-refractivity contribution in [2.75, 3.05) is 44.2 Å². The van der Waals surface area contributed by atoms with E-state index in [-0.39, 0.29) is 11.8 Å². The van der Waals surface area contributed by atoms with Gasteiger partial charge >= 0.3 is 0 Å². The van der Waals surface area contributed by atoms with Gasteiger partial charge in [-0.05, 0) is 49.6 Å². The van der Waals surface area contributed by atoms with Crippen molar-refractivity contribution in [3.05, 3.63) is 53.1 Å². The van der Waals surface area contributed by atoms with E-state index < -0.39 is 0 Å². The van der Waals surface area contributed by atoms with Crippen LogP contribution in [0, 0.1) is 0 Å². The number of anilines is 1. The smallest absolute Gasteiger partial charge is 0.253 e. The normalized spacial score (nSPS) is 16.7. The van der Waals surface area contributed by atoms with Crippen molar-refractivity contribution in [2.24, 2.45) is 0 Å². The van der Waals surface area contributed by atoms with Crippen LogP contribution in [0.4, 0.5) is 5.82 Å².